The number of aliphatic hydroxyl groups is 1. The molecule has 0 amide bonds. The van der Waals surface area contributed by atoms with Crippen LogP contribution in [-0.2, 0) is 9.53 Å². The minimum atomic E-state index is -1.76. The van der Waals surface area contributed by atoms with E-state index in [-0.39, 0.29) is 13.2 Å². The zero-order valence-corrected chi connectivity index (χ0v) is 8.38. The Labute approximate surface area is 87.4 Å². The molecule has 0 saturated carbocycles. The van der Waals surface area contributed by atoms with Crippen LogP contribution in [0.15, 0.2) is 29.4 Å². The number of ether oxygens (including phenoxy) is 1. The Morgan fingerprint density at radius 2 is 2.53 bits per heavy atom. The van der Waals surface area contributed by atoms with Crippen LogP contribution in [0.3, 0.4) is 0 Å². The number of rotatable bonds is 2. The average molecular weight is 208 g/mol. The molecule has 2 heterocycles. The summed E-state index contributed by atoms with van der Waals surface area (Å²) in [6.07, 6.45) is 7.11. The number of esters is 1. The van der Waals surface area contributed by atoms with Crippen molar-refractivity contribution in [2.45, 2.75) is 12.6 Å². The highest BCUT2D eigenvalue weighted by molar-refractivity contribution is 5.99. The van der Waals surface area contributed by atoms with Gasteiger partial charge in [-0.25, -0.2) is 9.79 Å². The minimum Gasteiger partial charge on any atom is -0.462 e. The van der Waals surface area contributed by atoms with Crippen molar-refractivity contribution < 1.29 is 14.6 Å². The van der Waals surface area contributed by atoms with E-state index in [2.05, 4.69) is 4.99 Å². The Balaban J connectivity index is 2.20. The number of carbonyl (C=O) groups is 1. The molecule has 15 heavy (non-hydrogen) atoms. The molecule has 2 aliphatic rings. The van der Waals surface area contributed by atoms with Gasteiger partial charge in [-0.1, -0.05) is 6.08 Å². The van der Waals surface area contributed by atoms with Crippen molar-refractivity contribution in [2.75, 3.05) is 13.2 Å². The lowest BCUT2D eigenvalue weighted by Crippen LogP contribution is -2.42. The molecule has 0 spiro atoms. The van der Waals surface area contributed by atoms with Crippen LogP contribution in [-0.4, -0.2) is 40.7 Å². The molecule has 0 saturated heterocycles. The highest BCUT2D eigenvalue weighted by Crippen LogP contribution is 2.22. The van der Waals surface area contributed by atoms with Crippen molar-refractivity contribution in [3.8, 4) is 0 Å². The summed E-state index contributed by atoms with van der Waals surface area (Å²) in [6, 6.07) is 0. The van der Waals surface area contributed by atoms with Gasteiger partial charge in [0, 0.05) is 6.20 Å². The summed E-state index contributed by atoms with van der Waals surface area (Å²) in [6.45, 7) is 2.04. The summed E-state index contributed by atoms with van der Waals surface area (Å²) in [5.74, 6) is -0.123. The Morgan fingerprint density at radius 3 is 3.20 bits per heavy atom. The highest BCUT2D eigenvalue weighted by Gasteiger charge is 2.44. The van der Waals surface area contributed by atoms with E-state index >= 15 is 0 Å². The summed E-state index contributed by atoms with van der Waals surface area (Å²) in [5.41, 5.74) is -1.76. The third-order valence-corrected chi connectivity index (χ3v) is 2.21. The van der Waals surface area contributed by atoms with E-state index in [0.717, 1.165) is 0 Å². The second-order valence-corrected chi connectivity index (χ2v) is 3.34. The maximum absolute atomic E-state index is 11.5. The molecule has 5 heteroatoms. The molecule has 1 N–H and O–H groups in total. The van der Waals surface area contributed by atoms with Crippen molar-refractivity contribution in [1.29, 1.82) is 0 Å². The second-order valence-electron chi connectivity index (χ2n) is 3.34. The summed E-state index contributed by atoms with van der Waals surface area (Å²) in [4.78, 5) is 17.1. The number of aliphatic imine (C=N–C) groups is 1. The molecule has 1 atom stereocenters. The van der Waals surface area contributed by atoms with Gasteiger partial charge in [-0.2, -0.15) is 0 Å². The number of fused-ring (bicyclic) bond motifs is 1. The molecule has 1 unspecified atom stereocenters. The molecule has 0 aromatic heterocycles. The van der Waals surface area contributed by atoms with Crippen LogP contribution >= 0.6 is 0 Å². The Morgan fingerprint density at radius 1 is 1.73 bits per heavy atom. The molecule has 0 aromatic rings. The minimum absolute atomic E-state index is 0.113. The molecule has 0 aromatic carbocycles. The predicted octanol–water partition coefficient (Wildman–Crippen LogP) is 0.0357. The fourth-order valence-electron chi connectivity index (χ4n) is 1.52. The SMILES string of the molecule is CCOC(=O)C1(O)CN2C=CC=CC2=N1. The maximum atomic E-state index is 11.5. The molecule has 0 bridgehead atoms. The van der Waals surface area contributed by atoms with Crippen LogP contribution in [0.1, 0.15) is 6.92 Å². The predicted molar refractivity (Wildman–Crippen MR) is 54.0 cm³/mol. The van der Waals surface area contributed by atoms with Crippen molar-refractivity contribution in [1.82, 2.24) is 4.90 Å². The van der Waals surface area contributed by atoms with Crippen LogP contribution < -0.4 is 0 Å². The van der Waals surface area contributed by atoms with Crippen LogP contribution in [0.2, 0.25) is 0 Å². The van der Waals surface area contributed by atoms with Gasteiger partial charge in [0.05, 0.1) is 13.2 Å². The molecule has 80 valence electrons. The van der Waals surface area contributed by atoms with Crippen molar-refractivity contribution in [3.63, 3.8) is 0 Å². The zero-order chi connectivity index (χ0) is 10.9. The number of hydrogen-bond donors (Lipinski definition) is 1. The van der Waals surface area contributed by atoms with E-state index in [1.54, 1.807) is 30.2 Å². The van der Waals surface area contributed by atoms with E-state index < -0.39 is 11.7 Å². The summed E-state index contributed by atoms with van der Waals surface area (Å²) in [7, 11) is 0. The highest BCUT2D eigenvalue weighted by atomic mass is 16.6. The molecule has 2 rings (SSSR count). The molecule has 0 radical (unpaired) electrons. The van der Waals surface area contributed by atoms with Gasteiger partial charge in [0.1, 0.15) is 5.84 Å². The fraction of sp³-hybridized carbons (Fsp3) is 0.400. The van der Waals surface area contributed by atoms with E-state index in [1.165, 1.54) is 0 Å². The Kier molecular flexibility index (Phi) is 2.32. The van der Waals surface area contributed by atoms with Crippen LogP contribution in [0.25, 0.3) is 0 Å². The third-order valence-electron chi connectivity index (χ3n) is 2.21. The normalized spacial score (nSPS) is 27.6. The van der Waals surface area contributed by atoms with Crippen LogP contribution in [0.5, 0.6) is 0 Å². The number of amidine groups is 1. The standard InChI is InChI=1S/C10H12N2O3/c1-2-15-9(13)10(14)7-12-6-4-3-5-8(12)11-10/h3-6,14H,2,7H2,1H3. The van der Waals surface area contributed by atoms with Gasteiger partial charge in [0.15, 0.2) is 0 Å². The van der Waals surface area contributed by atoms with E-state index in [4.69, 9.17) is 4.74 Å². The first-order valence-electron chi connectivity index (χ1n) is 4.77. The summed E-state index contributed by atoms with van der Waals surface area (Å²) in [5, 5.41) is 9.95. The molecular formula is C10H12N2O3. The largest absolute Gasteiger partial charge is 0.462 e. The van der Waals surface area contributed by atoms with Crippen molar-refractivity contribution >= 4 is 11.8 Å². The van der Waals surface area contributed by atoms with Crippen LogP contribution in [0, 0.1) is 0 Å². The van der Waals surface area contributed by atoms with E-state index in [0.29, 0.717) is 5.84 Å². The zero-order valence-electron chi connectivity index (χ0n) is 8.38. The van der Waals surface area contributed by atoms with E-state index in [9.17, 15) is 9.90 Å². The first-order valence-corrected chi connectivity index (χ1v) is 4.77. The van der Waals surface area contributed by atoms with Gasteiger partial charge in [-0.3, -0.25) is 0 Å². The Bertz CT molecular complexity index is 373. The number of carbonyl (C=O) groups excluding carboxylic acids is 1. The first-order chi connectivity index (χ1) is 7.15. The third kappa shape index (κ3) is 1.66. The lowest BCUT2D eigenvalue weighted by molar-refractivity contribution is -0.163. The quantitative estimate of drug-likeness (QED) is 0.651. The second kappa shape index (κ2) is 3.51. The van der Waals surface area contributed by atoms with Gasteiger partial charge in [0.25, 0.3) is 5.72 Å². The molecule has 2 aliphatic heterocycles. The lowest BCUT2D eigenvalue weighted by atomic mass is 10.2. The Hall–Kier alpha value is -1.62. The van der Waals surface area contributed by atoms with Crippen molar-refractivity contribution in [2.24, 2.45) is 4.99 Å². The van der Waals surface area contributed by atoms with Gasteiger partial charge >= 0.3 is 5.97 Å². The van der Waals surface area contributed by atoms with Crippen LogP contribution in [0.4, 0.5) is 0 Å². The number of hydrogen-bond acceptors (Lipinski definition) is 5. The molecule has 0 fully saturated rings. The molecular weight excluding hydrogens is 196 g/mol. The topological polar surface area (TPSA) is 62.1 Å². The van der Waals surface area contributed by atoms with Gasteiger partial charge in [-0.05, 0) is 19.1 Å². The summed E-state index contributed by atoms with van der Waals surface area (Å²) >= 11 is 0. The monoisotopic (exact) mass is 208 g/mol. The molecule has 5 nitrogen and oxygen atoms in total. The number of allylic oxidation sites excluding steroid dienone is 2. The molecule has 0 aliphatic carbocycles. The number of nitrogens with zero attached hydrogens (tertiary/aromatic N) is 2. The maximum Gasteiger partial charge on any atom is 0.363 e. The average Bonchev–Trinajstić information content (AvgIpc) is 2.56. The van der Waals surface area contributed by atoms with Crippen molar-refractivity contribution in [3.05, 3.63) is 24.4 Å². The lowest BCUT2D eigenvalue weighted by Gasteiger charge is -2.19. The first kappa shape index (κ1) is 9.92. The van der Waals surface area contributed by atoms with E-state index in [1.807, 2.05) is 6.08 Å². The fourth-order valence-corrected chi connectivity index (χ4v) is 1.52. The van der Waals surface area contributed by atoms with Gasteiger partial charge in [0.2, 0.25) is 0 Å². The smallest absolute Gasteiger partial charge is 0.363 e. The van der Waals surface area contributed by atoms with Gasteiger partial charge < -0.3 is 14.7 Å². The van der Waals surface area contributed by atoms with Gasteiger partial charge in [-0.15, -0.1) is 0 Å². The summed E-state index contributed by atoms with van der Waals surface area (Å²) < 4.78 is 4.76.